The fraction of sp³-hybridized carbons (Fsp3) is 0.143. The van der Waals surface area contributed by atoms with Gasteiger partial charge in [-0.05, 0) is 75.3 Å². The predicted molar refractivity (Wildman–Crippen MR) is 66.8 cm³/mol. The molecule has 0 saturated carbocycles. The molecular formula is C7H3Br4Cl. The molecule has 0 aliphatic rings. The van der Waals surface area contributed by atoms with Crippen molar-refractivity contribution in [3.05, 3.63) is 29.5 Å². The van der Waals surface area contributed by atoms with Crippen LogP contribution in [0.5, 0.6) is 0 Å². The third-order valence-corrected chi connectivity index (χ3v) is 5.73. The minimum atomic E-state index is 0.471. The first-order valence-corrected chi connectivity index (χ1v) is 6.66. The summed E-state index contributed by atoms with van der Waals surface area (Å²) in [7, 11) is 0. The second kappa shape index (κ2) is 4.78. The number of halogens is 5. The van der Waals surface area contributed by atoms with Crippen LogP contribution in [0.3, 0.4) is 0 Å². The zero-order chi connectivity index (χ0) is 9.30. The predicted octanol–water partition coefficient (Wildman–Crippen LogP) is 5.48. The summed E-state index contributed by atoms with van der Waals surface area (Å²) in [6.45, 7) is 0. The van der Waals surface area contributed by atoms with Crippen LogP contribution in [0.15, 0.2) is 24.0 Å². The van der Waals surface area contributed by atoms with Crippen molar-refractivity contribution in [2.75, 3.05) is 0 Å². The highest BCUT2D eigenvalue weighted by molar-refractivity contribution is 9.14. The van der Waals surface area contributed by atoms with Gasteiger partial charge in [-0.2, -0.15) is 0 Å². The summed E-state index contributed by atoms with van der Waals surface area (Å²) in [6.07, 6.45) is 0. The Morgan fingerprint density at radius 2 is 1.42 bits per heavy atom. The fourth-order valence-corrected chi connectivity index (χ4v) is 3.75. The molecule has 0 aromatic heterocycles. The standard InChI is InChI=1S/C7H3Br4Cl/c8-4-1-5(9)7(11)3(2-12)6(4)10/h1H,2H2. The first kappa shape index (κ1) is 11.5. The Morgan fingerprint density at radius 3 is 1.75 bits per heavy atom. The van der Waals surface area contributed by atoms with Gasteiger partial charge in [0.05, 0.1) is 0 Å². The molecule has 1 aromatic carbocycles. The summed E-state index contributed by atoms with van der Waals surface area (Å²) in [4.78, 5) is 0. The molecule has 12 heavy (non-hydrogen) atoms. The van der Waals surface area contributed by atoms with Crippen LogP contribution >= 0.6 is 75.3 Å². The Hall–Kier alpha value is 1.43. The van der Waals surface area contributed by atoms with Gasteiger partial charge in [-0.3, -0.25) is 0 Å². The average Bonchev–Trinajstić information content (AvgIpc) is 2.02. The maximum atomic E-state index is 5.78. The average molecular weight is 442 g/mol. The molecule has 0 bridgehead atoms. The van der Waals surface area contributed by atoms with Crippen LogP contribution in [-0.4, -0.2) is 0 Å². The molecule has 0 radical (unpaired) electrons. The van der Waals surface area contributed by atoms with Gasteiger partial charge in [0.2, 0.25) is 0 Å². The van der Waals surface area contributed by atoms with Gasteiger partial charge < -0.3 is 0 Å². The molecule has 1 rings (SSSR count). The van der Waals surface area contributed by atoms with E-state index < -0.39 is 0 Å². The first-order valence-electron chi connectivity index (χ1n) is 2.95. The molecule has 0 atom stereocenters. The molecule has 66 valence electrons. The van der Waals surface area contributed by atoms with Crippen LogP contribution in [0.2, 0.25) is 0 Å². The van der Waals surface area contributed by atoms with Gasteiger partial charge in [0, 0.05) is 23.8 Å². The molecule has 0 saturated heterocycles. The maximum absolute atomic E-state index is 5.78. The van der Waals surface area contributed by atoms with Crippen LogP contribution in [-0.2, 0) is 5.88 Å². The topological polar surface area (TPSA) is 0 Å². The van der Waals surface area contributed by atoms with E-state index in [-0.39, 0.29) is 0 Å². The van der Waals surface area contributed by atoms with Crippen LogP contribution in [0.25, 0.3) is 0 Å². The number of hydrogen-bond donors (Lipinski definition) is 0. The molecular weight excluding hydrogens is 439 g/mol. The van der Waals surface area contributed by atoms with Gasteiger partial charge >= 0.3 is 0 Å². The second-order valence-corrected chi connectivity index (χ2v) is 5.64. The van der Waals surface area contributed by atoms with Gasteiger partial charge in [-0.25, -0.2) is 0 Å². The maximum Gasteiger partial charge on any atom is 0.0497 e. The van der Waals surface area contributed by atoms with Crippen molar-refractivity contribution in [3.63, 3.8) is 0 Å². The largest absolute Gasteiger partial charge is 0.121 e. The smallest absolute Gasteiger partial charge is 0.0497 e. The molecule has 0 unspecified atom stereocenters. The zero-order valence-corrected chi connectivity index (χ0v) is 12.8. The molecule has 0 heterocycles. The minimum absolute atomic E-state index is 0.471. The summed E-state index contributed by atoms with van der Waals surface area (Å²) in [6, 6.07) is 1.96. The first-order chi connectivity index (χ1) is 5.57. The molecule has 0 amide bonds. The van der Waals surface area contributed by atoms with Gasteiger partial charge in [0.1, 0.15) is 0 Å². The summed E-state index contributed by atoms with van der Waals surface area (Å²) in [5, 5.41) is 0. The van der Waals surface area contributed by atoms with Crippen LogP contribution < -0.4 is 0 Å². The Morgan fingerprint density at radius 1 is 1.00 bits per heavy atom. The van der Waals surface area contributed by atoms with Crippen molar-refractivity contribution in [2.24, 2.45) is 0 Å². The van der Waals surface area contributed by atoms with Crippen LogP contribution in [0, 0.1) is 0 Å². The fourth-order valence-electron chi connectivity index (χ4n) is 0.740. The molecule has 1 aromatic rings. The molecule has 0 aliphatic heterocycles. The second-order valence-electron chi connectivity index (χ2n) is 2.08. The lowest BCUT2D eigenvalue weighted by atomic mass is 10.2. The molecule has 0 N–H and O–H groups in total. The summed E-state index contributed by atoms with van der Waals surface area (Å²) in [5.41, 5.74) is 1.04. The lowest BCUT2D eigenvalue weighted by molar-refractivity contribution is 1.30. The highest BCUT2D eigenvalue weighted by Gasteiger charge is 2.10. The zero-order valence-electron chi connectivity index (χ0n) is 5.67. The lowest BCUT2D eigenvalue weighted by Gasteiger charge is -2.07. The minimum Gasteiger partial charge on any atom is -0.121 e. The molecule has 0 nitrogen and oxygen atoms in total. The number of benzene rings is 1. The van der Waals surface area contributed by atoms with Crippen molar-refractivity contribution in [1.82, 2.24) is 0 Å². The van der Waals surface area contributed by atoms with E-state index in [0.717, 1.165) is 23.5 Å². The Balaban J connectivity index is 3.42. The van der Waals surface area contributed by atoms with Crippen molar-refractivity contribution in [3.8, 4) is 0 Å². The lowest BCUT2D eigenvalue weighted by Crippen LogP contribution is -1.86. The highest BCUT2D eigenvalue weighted by atomic mass is 79.9. The Bertz CT molecular complexity index is 285. The van der Waals surface area contributed by atoms with E-state index in [1.54, 1.807) is 0 Å². The van der Waals surface area contributed by atoms with Crippen LogP contribution in [0.4, 0.5) is 0 Å². The van der Waals surface area contributed by atoms with Crippen LogP contribution in [0.1, 0.15) is 5.56 Å². The quantitative estimate of drug-likeness (QED) is 0.400. The van der Waals surface area contributed by atoms with Crippen molar-refractivity contribution < 1.29 is 0 Å². The summed E-state index contributed by atoms with van der Waals surface area (Å²) in [5.74, 6) is 0.471. The third kappa shape index (κ3) is 2.27. The van der Waals surface area contributed by atoms with E-state index in [1.807, 2.05) is 6.07 Å². The normalized spacial score (nSPS) is 10.4. The van der Waals surface area contributed by atoms with Crippen molar-refractivity contribution >= 4 is 75.3 Å². The molecule has 5 heteroatoms. The van der Waals surface area contributed by atoms with E-state index in [1.165, 1.54) is 0 Å². The van der Waals surface area contributed by atoms with Gasteiger partial charge in [-0.15, -0.1) is 11.6 Å². The molecule has 0 fully saturated rings. The number of alkyl halides is 1. The molecule has 0 spiro atoms. The van der Waals surface area contributed by atoms with Gasteiger partial charge in [0.25, 0.3) is 0 Å². The van der Waals surface area contributed by atoms with E-state index in [4.69, 9.17) is 11.6 Å². The summed E-state index contributed by atoms with van der Waals surface area (Å²) >= 11 is 19.5. The SMILES string of the molecule is ClCc1c(Br)c(Br)cc(Br)c1Br. The van der Waals surface area contributed by atoms with E-state index in [2.05, 4.69) is 63.7 Å². The summed E-state index contributed by atoms with van der Waals surface area (Å²) < 4.78 is 3.97. The van der Waals surface area contributed by atoms with Gasteiger partial charge in [0.15, 0.2) is 0 Å². The Labute approximate surface area is 110 Å². The highest BCUT2D eigenvalue weighted by Crippen LogP contribution is 2.38. The van der Waals surface area contributed by atoms with E-state index >= 15 is 0 Å². The Kier molecular flexibility index (Phi) is 4.58. The third-order valence-electron chi connectivity index (χ3n) is 1.34. The van der Waals surface area contributed by atoms with E-state index in [0.29, 0.717) is 5.88 Å². The number of hydrogen-bond acceptors (Lipinski definition) is 0. The van der Waals surface area contributed by atoms with Gasteiger partial charge in [-0.1, -0.05) is 0 Å². The van der Waals surface area contributed by atoms with Crippen molar-refractivity contribution in [2.45, 2.75) is 5.88 Å². The van der Waals surface area contributed by atoms with E-state index in [9.17, 15) is 0 Å². The monoisotopic (exact) mass is 438 g/mol. The number of rotatable bonds is 1. The molecule has 0 aliphatic carbocycles. The van der Waals surface area contributed by atoms with Crippen molar-refractivity contribution in [1.29, 1.82) is 0 Å².